The second-order valence-electron chi connectivity index (χ2n) is 4.25. The maximum Gasteiger partial charge on any atom is 0.244 e. The molecule has 102 valence electrons. The Hall–Kier alpha value is -2.49. The number of rotatable bonds is 4. The minimum Gasteiger partial charge on any atom is -0.342 e. The Balaban J connectivity index is 2.38. The van der Waals surface area contributed by atoms with Gasteiger partial charge in [-0.3, -0.25) is 4.79 Å². The number of carbonyl (C=O) groups is 1. The molecule has 2 rings (SSSR count). The molecule has 0 radical (unpaired) electrons. The van der Waals surface area contributed by atoms with Gasteiger partial charge in [-0.05, 0) is 41.5 Å². The van der Waals surface area contributed by atoms with Crippen molar-refractivity contribution in [2.24, 2.45) is 0 Å². The summed E-state index contributed by atoms with van der Waals surface area (Å²) in [4.78, 5) is 11.5. The van der Waals surface area contributed by atoms with Gasteiger partial charge >= 0.3 is 0 Å². The van der Waals surface area contributed by atoms with E-state index in [0.717, 1.165) is 6.08 Å². The summed E-state index contributed by atoms with van der Waals surface area (Å²) in [7, 11) is 0. The van der Waals surface area contributed by atoms with E-state index in [9.17, 15) is 13.6 Å². The second-order valence-corrected chi connectivity index (χ2v) is 4.25. The minimum absolute atomic E-state index is 0.358. The van der Waals surface area contributed by atoms with Crippen LogP contribution in [0.5, 0.6) is 0 Å². The molecular formula is C16H13F2NO. The number of benzene rings is 2. The first kappa shape index (κ1) is 13.9. The quantitative estimate of drug-likeness (QED) is 0.850. The van der Waals surface area contributed by atoms with Crippen molar-refractivity contribution in [1.29, 1.82) is 0 Å². The van der Waals surface area contributed by atoms with Gasteiger partial charge in [0.1, 0.15) is 11.6 Å². The van der Waals surface area contributed by atoms with Crippen molar-refractivity contribution in [2.45, 2.75) is 6.04 Å². The molecule has 0 saturated heterocycles. The van der Waals surface area contributed by atoms with Crippen molar-refractivity contribution in [2.75, 3.05) is 0 Å². The summed E-state index contributed by atoms with van der Waals surface area (Å²) < 4.78 is 26.0. The molecule has 0 fully saturated rings. The molecule has 0 heterocycles. The fourth-order valence-corrected chi connectivity index (χ4v) is 1.87. The third-order valence-corrected chi connectivity index (χ3v) is 2.88. The van der Waals surface area contributed by atoms with E-state index in [2.05, 4.69) is 11.9 Å². The first-order valence-electron chi connectivity index (χ1n) is 6.04. The molecule has 2 aromatic rings. The number of halogens is 2. The Morgan fingerprint density at radius 2 is 1.35 bits per heavy atom. The molecule has 4 heteroatoms. The van der Waals surface area contributed by atoms with E-state index in [0.29, 0.717) is 11.1 Å². The van der Waals surface area contributed by atoms with E-state index in [1.54, 1.807) is 24.3 Å². The molecule has 0 aliphatic heterocycles. The van der Waals surface area contributed by atoms with E-state index in [1.807, 2.05) is 0 Å². The zero-order valence-electron chi connectivity index (χ0n) is 10.6. The summed E-state index contributed by atoms with van der Waals surface area (Å²) >= 11 is 0. The molecular weight excluding hydrogens is 260 g/mol. The van der Waals surface area contributed by atoms with Gasteiger partial charge in [-0.15, -0.1) is 0 Å². The van der Waals surface area contributed by atoms with Gasteiger partial charge < -0.3 is 5.32 Å². The van der Waals surface area contributed by atoms with E-state index in [1.165, 1.54) is 24.3 Å². The predicted octanol–water partition coefficient (Wildman–Crippen LogP) is 3.36. The average molecular weight is 273 g/mol. The van der Waals surface area contributed by atoms with Gasteiger partial charge in [0, 0.05) is 0 Å². The molecule has 20 heavy (non-hydrogen) atoms. The Morgan fingerprint density at radius 3 is 1.70 bits per heavy atom. The normalized spacial score (nSPS) is 10.3. The molecule has 1 amide bonds. The standard InChI is InChI=1S/C16H13F2NO/c1-2-15(20)19-16(11-3-7-13(17)8-4-11)12-5-9-14(18)10-6-12/h2-10,16H,1H2,(H,19,20). The summed E-state index contributed by atoms with van der Waals surface area (Å²) in [6.45, 7) is 3.40. The molecule has 0 unspecified atom stereocenters. The topological polar surface area (TPSA) is 29.1 Å². The lowest BCUT2D eigenvalue weighted by atomic mass is 9.98. The van der Waals surface area contributed by atoms with Crippen LogP contribution < -0.4 is 5.32 Å². The molecule has 0 aliphatic carbocycles. The summed E-state index contributed by atoms with van der Waals surface area (Å²) in [6, 6.07) is 11.1. The van der Waals surface area contributed by atoms with E-state index >= 15 is 0 Å². The summed E-state index contributed by atoms with van der Waals surface area (Å²) in [5.41, 5.74) is 1.40. The first-order chi connectivity index (χ1) is 9.60. The SMILES string of the molecule is C=CC(=O)NC(c1ccc(F)cc1)c1ccc(F)cc1. The van der Waals surface area contributed by atoms with Crippen LogP contribution in [0.1, 0.15) is 17.2 Å². The Kier molecular flexibility index (Phi) is 4.25. The number of hydrogen-bond donors (Lipinski definition) is 1. The number of carbonyl (C=O) groups excluding carboxylic acids is 1. The fourth-order valence-electron chi connectivity index (χ4n) is 1.87. The van der Waals surface area contributed by atoms with Crippen LogP contribution in [-0.4, -0.2) is 5.91 Å². The zero-order valence-corrected chi connectivity index (χ0v) is 10.6. The van der Waals surface area contributed by atoms with Gasteiger partial charge in [-0.2, -0.15) is 0 Å². The smallest absolute Gasteiger partial charge is 0.244 e. The Bertz CT molecular complexity index is 560. The molecule has 1 N–H and O–H groups in total. The van der Waals surface area contributed by atoms with Crippen LogP contribution in [0.3, 0.4) is 0 Å². The molecule has 0 spiro atoms. The first-order valence-corrected chi connectivity index (χ1v) is 6.04. The maximum absolute atomic E-state index is 13.0. The number of amides is 1. The van der Waals surface area contributed by atoms with Crippen LogP contribution in [0.15, 0.2) is 61.2 Å². The Morgan fingerprint density at radius 1 is 0.950 bits per heavy atom. The Labute approximate surface area is 115 Å². The maximum atomic E-state index is 13.0. The molecule has 2 aromatic carbocycles. The molecule has 0 aromatic heterocycles. The molecule has 0 saturated carbocycles. The summed E-state index contributed by atoms with van der Waals surface area (Å²) in [5, 5.41) is 2.74. The van der Waals surface area contributed by atoms with Crippen LogP contribution in [0.2, 0.25) is 0 Å². The highest BCUT2D eigenvalue weighted by Gasteiger charge is 2.15. The lowest BCUT2D eigenvalue weighted by molar-refractivity contribution is -0.116. The van der Waals surface area contributed by atoms with Gasteiger partial charge in [0.2, 0.25) is 5.91 Å². The van der Waals surface area contributed by atoms with Crippen molar-refractivity contribution in [3.8, 4) is 0 Å². The predicted molar refractivity (Wildman–Crippen MR) is 73.0 cm³/mol. The zero-order chi connectivity index (χ0) is 14.5. The van der Waals surface area contributed by atoms with Gasteiger partial charge in [-0.1, -0.05) is 30.8 Å². The minimum atomic E-state index is -0.485. The third-order valence-electron chi connectivity index (χ3n) is 2.88. The molecule has 2 nitrogen and oxygen atoms in total. The third kappa shape index (κ3) is 3.29. The van der Waals surface area contributed by atoms with Crippen molar-refractivity contribution >= 4 is 5.91 Å². The summed E-state index contributed by atoms with van der Waals surface area (Å²) in [6.07, 6.45) is 1.15. The van der Waals surface area contributed by atoms with Crippen LogP contribution in [0.4, 0.5) is 8.78 Å². The van der Waals surface area contributed by atoms with Crippen molar-refractivity contribution in [1.82, 2.24) is 5.32 Å². The lowest BCUT2D eigenvalue weighted by Gasteiger charge is -2.19. The van der Waals surface area contributed by atoms with Gasteiger partial charge in [0.05, 0.1) is 6.04 Å². The van der Waals surface area contributed by atoms with E-state index in [4.69, 9.17) is 0 Å². The second kappa shape index (κ2) is 6.10. The molecule has 0 bridgehead atoms. The highest BCUT2D eigenvalue weighted by molar-refractivity contribution is 5.87. The van der Waals surface area contributed by atoms with Gasteiger partial charge in [0.15, 0.2) is 0 Å². The van der Waals surface area contributed by atoms with Gasteiger partial charge in [0.25, 0.3) is 0 Å². The van der Waals surface area contributed by atoms with Crippen LogP contribution in [0, 0.1) is 11.6 Å². The largest absolute Gasteiger partial charge is 0.342 e. The molecule has 0 atom stereocenters. The lowest BCUT2D eigenvalue weighted by Crippen LogP contribution is -2.27. The number of hydrogen-bond acceptors (Lipinski definition) is 1. The highest BCUT2D eigenvalue weighted by atomic mass is 19.1. The van der Waals surface area contributed by atoms with Gasteiger partial charge in [-0.25, -0.2) is 8.78 Å². The van der Waals surface area contributed by atoms with E-state index in [-0.39, 0.29) is 17.5 Å². The monoisotopic (exact) mass is 273 g/mol. The van der Waals surface area contributed by atoms with E-state index < -0.39 is 6.04 Å². The molecule has 0 aliphatic rings. The van der Waals surface area contributed by atoms with Crippen molar-refractivity contribution in [3.63, 3.8) is 0 Å². The summed E-state index contributed by atoms with van der Waals surface area (Å²) in [5.74, 6) is -1.08. The number of nitrogens with one attached hydrogen (secondary N) is 1. The van der Waals surface area contributed by atoms with Crippen LogP contribution in [0.25, 0.3) is 0 Å². The van der Waals surface area contributed by atoms with Crippen molar-refractivity contribution in [3.05, 3.63) is 83.9 Å². The van der Waals surface area contributed by atoms with Crippen molar-refractivity contribution < 1.29 is 13.6 Å². The highest BCUT2D eigenvalue weighted by Crippen LogP contribution is 2.22. The van der Waals surface area contributed by atoms with Crippen LogP contribution in [-0.2, 0) is 4.79 Å². The van der Waals surface area contributed by atoms with Crippen LogP contribution >= 0.6 is 0 Å². The fraction of sp³-hybridized carbons (Fsp3) is 0.0625. The average Bonchev–Trinajstić information content (AvgIpc) is 2.46.